The van der Waals surface area contributed by atoms with Crippen molar-refractivity contribution in [1.82, 2.24) is 4.72 Å². The van der Waals surface area contributed by atoms with Crippen LogP contribution in [0.4, 0.5) is 0 Å². The lowest BCUT2D eigenvalue weighted by molar-refractivity contribution is 0.0698. The predicted octanol–water partition coefficient (Wildman–Crippen LogP) is 3.08. The Kier molecular flexibility index (Phi) is 4.56. The van der Waals surface area contributed by atoms with Crippen LogP contribution in [0.2, 0.25) is 0 Å². The zero-order valence-corrected chi connectivity index (χ0v) is 14.0. The molecule has 0 radical (unpaired) electrons. The molecule has 3 unspecified atom stereocenters. The Morgan fingerprint density at radius 3 is 2.64 bits per heavy atom. The highest BCUT2D eigenvalue weighted by Crippen LogP contribution is 2.40. The molecule has 0 amide bonds. The molecule has 122 valence electrons. The molecule has 2 aliphatic rings. The van der Waals surface area contributed by atoms with Gasteiger partial charge in [0.15, 0.2) is 0 Å². The second kappa shape index (κ2) is 6.29. The van der Waals surface area contributed by atoms with Crippen LogP contribution in [-0.2, 0) is 10.0 Å². The van der Waals surface area contributed by atoms with Crippen LogP contribution >= 0.6 is 11.3 Å². The smallest absolute Gasteiger partial charge is 0.347 e. The van der Waals surface area contributed by atoms with Crippen molar-refractivity contribution in [2.45, 2.75) is 55.9 Å². The number of aromatic carboxylic acids is 1. The van der Waals surface area contributed by atoms with Gasteiger partial charge >= 0.3 is 5.97 Å². The standard InChI is InChI=1S/C15H21NO4S2/c17-15(18)14-13(7-8-21-14)22(19,20)16-12-6-5-10-3-1-2-4-11(10)9-12/h7-8,10-12,16H,1-6,9H2,(H,17,18). The molecule has 2 aliphatic carbocycles. The summed E-state index contributed by atoms with van der Waals surface area (Å²) in [6.45, 7) is 0. The van der Waals surface area contributed by atoms with Crippen LogP contribution in [0, 0.1) is 11.8 Å². The maximum Gasteiger partial charge on any atom is 0.347 e. The minimum Gasteiger partial charge on any atom is -0.477 e. The van der Waals surface area contributed by atoms with Gasteiger partial charge in [-0.05, 0) is 42.5 Å². The van der Waals surface area contributed by atoms with Crippen LogP contribution < -0.4 is 4.72 Å². The van der Waals surface area contributed by atoms with E-state index in [-0.39, 0.29) is 15.8 Å². The van der Waals surface area contributed by atoms with Crippen molar-refractivity contribution in [2.24, 2.45) is 11.8 Å². The average molecular weight is 343 g/mol. The summed E-state index contributed by atoms with van der Waals surface area (Å²) in [6.07, 6.45) is 7.83. The normalized spacial score (nSPS) is 29.0. The third kappa shape index (κ3) is 3.21. The fraction of sp³-hybridized carbons (Fsp3) is 0.667. The van der Waals surface area contributed by atoms with Crippen molar-refractivity contribution >= 4 is 27.3 Å². The minimum absolute atomic E-state index is 0.0640. The molecule has 5 nitrogen and oxygen atoms in total. The molecule has 1 aromatic rings. The first kappa shape index (κ1) is 16.0. The third-order valence-corrected chi connectivity index (χ3v) is 7.57. The fourth-order valence-electron chi connectivity index (χ4n) is 3.93. The highest BCUT2D eigenvalue weighted by Gasteiger charge is 2.35. The molecule has 0 bridgehead atoms. The first-order valence-electron chi connectivity index (χ1n) is 7.80. The lowest BCUT2D eigenvalue weighted by atomic mass is 9.70. The van der Waals surface area contributed by atoms with Crippen LogP contribution in [0.1, 0.15) is 54.6 Å². The Labute approximate surface area is 134 Å². The van der Waals surface area contributed by atoms with Gasteiger partial charge < -0.3 is 5.11 Å². The van der Waals surface area contributed by atoms with E-state index < -0.39 is 16.0 Å². The van der Waals surface area contributed by atoms with Crippen molar-refractivity contribution in [1.29, 1.82) is 0 Å². The summed E-state index contributed by atoms with van der Waals surface area (Å²) in [5.41, 5.74) is 0. The van der Waals surface area contributed by atoms with Crippen molar-refractivity contribution in [3.63, 3.8) is 0 Å². The number of nitrogens with one attached hydrogen (secondary N) is 1. The molecule has 2 fully saturated rings. The van der Waals surface area contributed by atoms with Gasteiger partial charge in [-0.2, -0.15) is 0 Å². The SMILES string of the molecule is O=C(O)c1sccc1S(=O)(=O)NC1CCC2CCCCC2C1. The Hall–Kier alpha value is -0.920. The van der Waals surface area contributed by atoms with Gasteiger partial charge in [-0.15, -0.1) is 11.3 Å². The van der Waals surface area contributed by atoms with Gasteiger partial charge in [0, 0.05) is 6.04 Å². The summed E-state index contributed by atoms with van der Waals surface area (Å²) >= 11 is 0.946. The molecule has 3 atom stereocenters. The van der Waals surface area contributed by atoms with E-state index in [2.05, 4.69) is 4.72 Å². The second-order valence-electron chi connectivity index (χ2n) is 6.36. The Morgan fingerprint density at radius 2 is 1.91 bits per heavy atom. The molecule has 0 saturated heterocycles. The van der Waals surface area contributed by atoms with Gasteiger partial charge in [-0.25, -0.2) is 17.9 Å². The lowest BCUT2D eigenvalue weighted by Crippen LogP contribution is -2.41. The Balaban J connectivity index is 1.72. The van der Waals surface area contributed by atoms with Crippen LogP contribution in [0.5, 0.6) is 0 Å². The van der Waals surface area contributed by atoms with Gasteiger partial charge in [0.05, 0.1) is 0 Å². The maximum absolute atomic E-state index is 12.5. The summed E-state index contributed by atoms with van der Waals surface area (Å²) in [7, 11) is -3.75. The van der Waals surface area contributed by atoms with E-state index in [1.54, 1.807) is 0 Å². The molecule has 2 N–H and O–H groups in total. The number of thiophene rings is 1. The van der Waals surface area contributed by atoms with Crippen molar-refractivity contribution in [3.05, 3.63) is 16.3 Å². The molecular weight excluding hydrogens is 322 g/mol. The van der Waals surface area contributed by atoms with E-state index in [1.807, 2.05) is 0 Å². The molecule has 0 spiro atoms. The zero-order chi connectivity index (χ0) is 15.7. The zero-order valence-electron chi connectivity index (χ0n) is 12.3. The monoisotopic (exact) mass is 343 g/mol. The highest BCUT2D eigenvalue weighted by atomic mass is 32.2. The van der Waals surface area contributed by atoms with Crippen LogP contribution in [0.15, 0.2) is 16.3 Å². The number of rotatable bonds is 4. The largest absolute Gasteiger partial charge is 0.477 e. The molecule has 3 rings (SSSR count). The first-order valence-corrected chi connectivity index (χ1v) is 10.2. The van der Waals surface area contributed by atoms with E-state index >= 15 is 0 Å². The lowest BCUT2D eigenvalue weighted by Gasteiger charge is -2.39. The van der Waals surface area contributed by atoms with Crippen LogP contribution in [-0.4, -0.2) is 25.5 Å². The van der Waals surface area contributed by atoms with Gasteiger partial charge in [-0.1, -0.05) is 25.7 Å². The number of carboxylic acids is 1. The highest BCUT2D eigenvalue weighted by molar-refractivity contribution is 7.89. The quantitative estimate of drug-likeness (QED) is 0.880. The number of carboxylic acid groups (broad SMARTS) is 1. The van der Waals surface area contributed by atoms with Crippen molar-refractivity contribution in [3.8, 4) is 0 Å². The predicted molar refractivity (Wildman–Crippen MR) is 84.7 cm³/mol. The Bertz CT molecular complexity index is 652. The van der Waals surface area contributed by atoms with E-state index in [9.17, 15) is 13.2 Å². The Morgan fingerprint density at radius 1 is 1.18 bits per heavy atom. The van der Waals surface area contributed by atoms with E-state index in [0.29, 0.717) is 5.92 Å². The molecular formula is C15H21NO4S2. The third-order valence-electron chi connectivity index (χ3n) is 4.97. The molecule has 0 aliphatic heterocycles. The number of hydrogen-bond acceptors (Lipinski definition) is 4. The molecule has 0 aromatic carbocycles. The van der Waals surface area contributed by atoms with Crippen molar-refractivity contribution in [2.75, 3.05) is 0 Å². The molecule has 1 aromatic heterocycles. The van der Waals surface area contributed by atoms with Gasteiger partial charge in [0.2, 0.25) is 10.0 Å². The number of sulfonamides is 1. The van der Waals surface area contributed by atoms with Gasteiger partial charge in [0.25, 0.3) is 0 Å². The first-order chi connectivity index (χ1) is 10.5. The van der Waals surface area contributed by atoms with E-state index in [0.717, 1.165) is 36.5 Å². The summed E-state index contributed by atoms with van der Waals surface area (Å²) in [5.74, 6) is 0.188. The summed E-state index contributed by atoms with van der Waals surface area (Å²) in [4.78, 5) is 10.9. The molecule has 2 saturated carbocycles. The number of carbonyl (C=O) groups is 1. The summed E-state index contributed by atoms with van der Waals surface area (Å²) in [5, 5.41) is 10.6. The van der Waals surface area contributed by atoms with E-state index in [1.165, 1.54) is 37.1 Å². The van der Waals surface area contributed by atoms with Crippen LogP contribution in [0.3, 0.4) is 0 Å². The summed E-state index contributed by atoms with van der Waals surface area (Å²) < 4.78 is 27.7. The van der Waals surface area contributed by atoms with Crippen molar-refractivity contribution < 1.29 is 18.3 Å². The summed E-state index contributed by atoms with van der Waals surface area (Å²) in [6, 6.07) is 1.31. The number of hydrogen-bond donors (Lipinski definition) is 2. The second-order valence-corrected chi connectivity index (χ2v) is 8.95. The van der Waals surface area contributed by atoms with Crippen LogP contribution in [0.25, 0.3) is 0 Å². The molecule has 7 heteroatoms. The maximum atomic E-state index is 12.5. The average Bonchev–Trinajstić information content (AvgIpc) is 2.97. The topological polar surface area (TPSA) is 83.5 Å². The fourth-order valence-corrected chi connectivity index (χ4v) is 6.47. The number of fused-ring (bicyclic) bond motifs is 1. The minimum atomic E-state index is -3.75. The van der Waals surface area contributed by atoms with Gasteiger partial charge in [-0.3, -0.25) is 0 Å². The molecule has 22 heavy (non-hydrogen) atoms. The van der Waals surface area contributed by atoms with E-state index in [4.69, 9.17) is 5.11 Å². The van der Waals surface area contributed by atoms with Gasteiger partial charge in [0.1, 0.15) is 9.77 Å². The molecule has 1 heterocycles.